The molecule has 1 aliphatic heterocycles. The molecular formula is C14H20N2O3. The average molecular weight is 264 g/mol. The van der Waals surface area contributed by atoms with Crippen LogP contribution in [0.2, 0.25) is 0 Å². The maximum atomic E-state index is 12.4. The van der Waals surface area contributed by atoms with Crippen molar-refractivity contribution >= 4 is 5.91 Å². The van der Waals surface area contributed by atoms with E-state index in [1.807, 2.05) is 7.05 Å². The van der Waals surface area contributed by atoms with Gasteiger partial charge in [-0.15, -0.1) is 0 Å². The molecule has 5 heteroatoms. The Hall–Kier alpha value is -1.75. The number of carbonyl (C=O) groups excluding carboxylic acids is 1. The summed E-state index contributed by atoms with van der Waals surface area (Å²) in [6.07, 6.45) is 1.87. The molecule has 1 aromatic carbocycles. The van der Waals surface area contributed by atoms with Crippen molar-refractivity contribution in [1.29, 1.82) is 0 Å². The van der Waals surface area contributed by atoms with E-state index >= 15 is 0 Å². The first-order chi connectivity index (χ1) is 9.17. The molecule has 5 nitrogen and oxygen atoms in total. The van der Waals surface area contributed by atoms with Crippen LogP contribution in [-0.2, 0) is 0 Å². The van der Waals surface area contributed by atoms with Crippen LogP contribution in [0.4, 0.5) is 0 Å². The Balaban J connectivity index is 2.12. The standard InChI is InChI=1S/C14H20N2O3/c1-15-10-6-8-16(9-7-10)14(18)11-4-3-5-12(19-2)13(11)17/h3-5,10,15,17H,6-9H2,1-2H3. The largest absolute Gasteiger partial charge is 0.504 e. The molecule has 1 aromatic rings. The molecule has 104 valence electrons. The molecule has 19 heavy (non-hydrogen) atoms. The maximum absolute atomic E-state index is 12.4. The number of piperidine rings is 1. The number of para-hydroxylation sites is 1. The van der Waals surface area contributed by atoms with Gasteiger partial charge in [0, 0.05) is 19.1 Å². The zero-order valence-corrected chi connectivity index (χ0v) is 11.3. The van der Waals surface area contributed by atoms with E-state index in [0.717, 1.165) is 12.8 Å². The van der Waals surface area contributed by atoms with Gasteiger partial charge in [-0.3, -0.25) is 4.79 Å². The van der Waals surface area contributed by atoms with Crippen molar-refractivity contribution in [3.05, 3.63) is 23.8 Å². The van der Waals surface area contributed by atoms with Crippen LogP contribution in [0.1, 0.15) is 23.2 Å². The highest BCUT2D eigenvalue weighted by molar-refractivity contribution is 5.97. The number of carbonyl (C=O) groups is 1. The molecule has 0 spiro atoms. The molecular weight excluding hydrogens is 244 g/mol. The second-order valence-corrected chi connectivity index (χ2v) is 4.71. The number of aromatic hydroxyl groups is 1. The molecule has 0 aliphatic carbocycles. The van der Waals surface area contributed by atoms with Crippen molar-refractivity contribution < 1.29 is 14.6 Å². The molecule has 1 heterocycles. The summed E-state index contributed by atoms with van der Waals surface area (Å²) in [5, 5.41) is 13.2. The number of likely N-dealkylation sites (tertiary alicyclic amines) is 1. The van der Waals surface area contributed by atoms with Crippen LogP contribution in [0, 0.1) is 0 Å². The lowest BCUT2D eigenvalue weighted by molar-refractivity contribution is 0.0703. The monoisotopic (exact) mass is 264 g/mol. The molecule has 0 aromatic heterocycles. The Labute approximate surface area is 113 Å². The van der Waals surface area contributed by atoms with Crippen LogP contribution < -0.4 is 10.1 Å². The molecule has 1 amide bonds. The highest BCUT2D eigenvalue weighted by Gasteiger charge is 2.25. The van der Waals surface area contributed by atoms with E-state index in [1.54, 1.807) is 23.1 Å². The van der Waals surface area contributed by atoms with Crippen LogP contribution in [0.3, 0.4) is 0 Å². The summed E-state index contributed by atoms with van der Waals surface area (Å²) >= 11 is 0. The van der Waals surface area contributed by atoms with Crippen LogP contribution in [0.5, 0.6) is 11.5 Å². The molecule has 1 aliphatic rings. The Morgan fingerprint density at radius 2 is 2.11 bits per heavy atom. The first kappa shape index (κ1) is 13.7. The second-order valence-electron chi connectivity index (χ2n) is 4.71. The van der Waals surface area contributed by atoms with Crippen molar-refractivity contribution in [3.8, 4) is 11.5 Å². The van der Waals surface area contributed by atoms with Crippen molar-refractivity contribution in [1.82, 2.24) is 10.2 Å². The lowest BCUT2D eigenvalue weighted by atomic mass is 10.0. The summed E-state index contributed by atoms with van der Waals surface area (Å²) in [6.45, 7) is 1.42. The van der Waals surface area contributed by atoms with Crippen LogP contribution in [0.15, 0.2) is 18.2 Å². The zero-order chi connectivity index (χ0) is 13.8. The second kappa shape index (κ2) is 5.93. The Kier molecular flexibility index (Phi) is 4.27. The molecule has 0 atom stereocenters. The first-order valence-electron chi connectivity index (χ1n) is 6.50. The Morgan fingerprint density at radius 1 is 1.42 bits per heavy atom. The number of rotatable bonds is 3. The fraction of sp³-hybridized carbons (Fsp3) is 0.500. The smallest absolute Gasteiger partial charge is 0.257 e. The number of phenols is 1. The number of phenolic OH excluding ortho intramolecular Hbond substituents is 1. The topological polar surface area (TPSA) is 61.8 Å². The van der Waals surface area contributed by atoms with E-state index in [1.165, 1.54) is 7.11 Å². The minimum absolute atomic E-state index is 0.0780. The van der Waals surface area contributed by atoms with Gasteiger partial charge >= 0.3 is 0 Å². The number of nitrogens with one attached hydrogen (secondary N) is 1. The SMILES string of the molecule is CNC1CCN(C(=O)c2cccc(OC)c2O)CC1. The third-order valence-corrected chi connectivity index (χ3v) is 3.64. The van der Waals surface area contributed by atoms with Crippen LogP contribution in [-0.4, -0.2) is 49.2 Å². The fourth-order valence-corrected chi connectivity index (χ4v) is 2.40. The van der Waals surface area contributed by atoms with Gasteiger partial charge in [0.15, 0.2) is 11.5 Å². The number of nitrogens with zero attached hydrogens (tertiary/aromatic N) is 1. The fourth-order valence-electron chi connectivity index (χ4n) is 2.40. The molecule has 0 unspecified atom stereocenters. The summed E-state index contributed by atoms with van der Waals surface area (Å²) in [6, 6.07) is 5.46. The lowest BCUT2D eigenvalue weighted by Gasteiger charge is -2.32. The summed E-state index contributed by atoms with van der Waals surface area (Å²) in [5.41, 5.74) is 0.308. The number of benzene rings is 1. The molecule has 0 radical (unpaired) electrons. The zero-order valence-electron chi connectivity index (χ0n) is 11.3. The van der Waals surface area contributed by atoms with E-state index in [0.29, 0.717) is 30.4 Å². The molecule has 0 saturated carbocycles. The minimum Gasteiger partial charge on any atom is -0.504 e. The summed E-state index contributed by atoms with van der Waals surface area (Å²) in [4.78, 5) is 14.2. The van der Waals surface area contributed by atoms with Crippen molar-refractivity contribution in [2.45, 2.75) is 18.9 Å². The van der Waals surface area contributed by atoms with Crippen molar-refractivity contribution in [2.75, 3.05) is 27.2 Å². The number of amides is 1. The molecule has 2 rings (SSSR count). The van der Waals surface area contributed by atoms with Gasteiger partial charge in [-0.1, -0.05) is 6.07 Å². The number of methoxy groups -OCH3 is 1. The molecule has 1 fully saturated rings. The highest BCUT2D eigenvalue weighted by Crippen LogP contribution is 2.30. The van der Waals surface area contributed by atoms with E-state index in [4.69, 9.17) is 4.74 Å². The molecule has 2 N–H and O–H groups in total. The quantitative estimate of drug-likeness (QED) is 0.862. The van der Waals surface area contributed by atoms with Crippen molar-refractivity contribution in [3.63, 3.8) is 0 Å². The van der Waals surface area contributed by atoms with Gasteiger partial charge in [-0.25, -0.2) is 0 Å². The van der Waals surface area contributed by atoms with Gasteiger partial charge in [0.1, 0.15) is 0 Å². The predicted octanol–water partition coefficient (Wildman–Crippen LogP) is 1.22. The van der Waals surface area contributed by atoms with Crippen LogP contribution in [0.25, 0.3) is 0 Å². The van der Waals surface area contributed by atoms with E-state index in [-0.39, 0.29) is 11.7 Å². The highest BCUT2D eigenvalue weighted by atomic mass is 16.5. The van der Waals surface area contributed by atoms with Gasteiger partial charge in [-0.2, -0.15) is 0 Å². The van der Waals surface area contributed by atoms with Gasteiger partial charge in [0.2, 0.25) is 0 Å². The predicted molar refractivity (Wildman–Crippen MR) is 72.6 cm³/mol. The maximum Gasteiger partial charge on any atom is 0.257 e. The summed E-state index contributed by atoms with van der Waals surface area (Å²) in [5.74, 6) is 0.118. The lowest BCUT2D eigenvalue weighted by Crippen LogP contribution is -2.43. The third-order valence-electron chi connectivity index (χ3n) is 3.64. The normalized spacial score (nSPS) is 16.4. The molecule has 0 bridgehead atoms. The first-order valence-corrected chi connectivity index (χ1v) is 6.50. The Bertz CT molecular complexity index is 454. The molecule has 1 saturated heterocycles. The van der Waals surface area contributed by atoms with E-state index < -0.39 is 0 Å². The van der Waals surface area contributed by atoms with Crippen LogP contribution >= 0.6 is 0 Å². The summed E-state index contributed by atoms with van der Waals surface area (Å²) < 4.78 is 5.03. The van der Waals surface area contributed by atoms with Crippen molar-refractivity contribution in [2.24, 2.45) is 0 Å². The Morgan fingerprint density at radius 3 is 2.68 bits per heavy atom. The van der Waals surface area contributed by atoms with Gasteiger partial charge in [-0.05, 0) is 32.0 Å². The average Bonchev–Trinajstić information content (AvgIpc) is 2.47. The van der Waals surface area contributed by atoms with Gasteiger partial charge in [0.25, 0.3) is 5.91 Å². The third kappa shape index (κ3) is 2.81. The van der Waals surface area contributed by atoms with Gasteiger partial charge in [0.05, 0.1) is 12.7 Å². The van der Waals surface area contributed by atoms with E-state index in [9.17, 15) is 9.90 Å². The number of hydrogen-bond acceptors (Lipinski definition) is 4. The van der Waals surface area contributed by atoms with E-state index in [2.05, 4.69) is 5.32 Å². The summed E-state index contributed by atoms with van der Waals surface area (Å²) in [7, 11) is 3.41. The number of ether oxygens (including phenoxy) is 1. The minimum atomic E-state index is -0.133. The van der Waals surface area contributed by atoms with Gasteiger partial charge < -0.3 is 20.1 Å². The number of hydrogen-bond donors (Lipinski definition) is 2.